The maximum absolute atomic E-state index is 12.2. The molecule has 0 aliphatic rings. The van der Waals surface area contributed by atoms with Gasteiger partial charge in [0.15, 0.2) is 12.6 Å². The minimum Gasteiger partial charge on any atom is -0.451 e. The summed E-state index contributed by atoms with van der Waals surface area (Å²) in [7, 11) is 0. The first-order valence-electron chi connectivity index (χ1n) is 8.50. The average Bonchev–Trinajstić information content (AvgIpc) is 3.43. The number of aryl methyl sites for hydroxylation is 1. The highest BCUT2D eigenvalue weighted by Crippen LogP contribution is 2.25. The molecule has 3 heterocycles. The molecule has 0 N–H and O–H groups in total. The lowest BCUT2D eigenvalue weighted by molar-refractivity contribution is -0.150. The minimum absolute atomic E-state index is 0.172. The summed E-state index contributed by atoms with van der Waals surface area (Å²) < 4.78 is 10.9. The Morgan fingerprint density at radius 3 is 2.79 bits per heavy atom. The van der Waals surface area contributed by atoms with E-state index >= 15 is 0 Å². The summed E-state index contributed by atoms with van der Waals surface area (Å²) in [5.74, 6) is 0.534. The summed E-state index contributed by atoms with van der Waals surface area (Å²) in [6.45, 7) is 3.49. The topological polar surface area (TPSA) is 109 Å². The van der Waals surface area contributed by atoms with Crippen molar-refractivity contribution in [1.29, 1.82) is 0 Å². The van der Waals surface area contributed by atoms with E-state index in [1.807, 2.05) is 48.7 Å². The minimum atomic E-state index is -0.686. The Kier molecular flexibility index (Phi) is 4.94. The molecule has 0 amide bonds. The van der Waals surface area contributed by atoms with Gasteiger partial charge in [-0.25, -0.2) is 4.79 Å². The molecule has 0 spiro atoms. The molecule has 0 saturated heterocycles. The second-order valence-electron chi connectivity index (χ2n) is 6.06. The number of aromatic nitrogens is 6. The van der Waals surface area contributed by atoms with Gasteiger partial charge in [-0.05, 0) is 30.5 Å². The number of benzene rings is 1. The van der Waals surface area contributed by atoms with E-state index in [0.717, 1.165) is 16.0 Å². The van der Waals surface area contributed by atoms with Gasteiger partial charge in [0.2, 0.25) is 5.82 Å². The van der Waals surface area contributed by atoms with E-state index in [0.29, 0.717) is 11.7 Å². The fourth-order valence-electron chi connectivity index (χ4n) is 2.43. The molecular weight excluding hydrogens is 380 g/mol. The van der Waals surface area contributed by atoms with Gasteiger partial charge in [0, 0.05) is 5.56 Å². The largest absolute Gasteiger partial charge is 0.451 e. The highest BCUT2D eigenvalue weighted by atomic mass is 32.1. The number of carbonyl (C=O) groups excluding carboxylic acids is 1. The lowest BCUT2D eigenvalue weighted by Crippen LogP contribution is -2.17. The molecule has 9 nitrogen and oxygen atoms in total. The van der Waals surface area contributed by atoms with Gasteiger partial charge in [0.25, 0.3) is 11.8 Å². The maximum Gasteiger partial charge on any atom is 0.330 e. The predicted octanol–water partition coefficient (Wildman–Crippen LogP) is 3.06. The molecule has 0 aliphatic carbocycles. The Morgan fingerprint density at radius 1 is 1.21 bits per heavy atom. The van der Waals surface area contributed by atoms with Crippen LogP contribution in [0.5, 0.6) is 0 Å². The summed E-state index contributed by atoms with van der Waals surface area (Å²) in [5, 5.41) is 21.9. The normalized spacial score (nSPS) is 12.1. The van der Waals surface area contributed by atoms with E-state index in [9.17, 15) is 4.79 Å². The number of hydrogen-bond donors (Lipinski definition) is 0. The van der Waals surface area contributed by atoms with Gasteiger partial charge in [-0.15, -0.1) is 31.7 Å². The molecule has 4 aromatic rings. The number of thiophene rings is 1. The van der Waals surface area contributed by atoms with E-state index in [-0.39, 0.29) is 12.4 Å². The molecule has 3 aromatic heterocycles. The summed E-state index contributed by atoms with van der Waals surface area (Å²) in [5.41, 5.74) is 1.96. The molecule has 1 aromatic carbocycles. The summed E-state index contributed by atoms with van der Waals surface area (Å²) in [4.78, 5) is 14.2. The van der Waals surface area contributed by atoms with Crippen molar-refractivity contribution in [3.05, 3.63) is 53.2 Å². The fraction of sp³-hybridized carbons (Fsp3) is 0.222. The lowest BCUT2D eigenvalue weighted by Gasteiger charge is -2.08. The van der Waals surface area contributed by atoms with Gasteiger partial charge in [-0.2, -0.15) is 4.80 Å². The molecule has 0 saturated carbocycles. The van der Waals surface area contributed by atoms with Crippen LogP contribution < -0.4 is 0 Å². The molecule has 0 bridgehead atoms. The zero-order chi connectivity index (χ0) is 19.5. The van der Waals surface area contributed by atoms with Crippen molar-refractivity contribution in [2.75, 3.05) is 0 Å². The highest BCUT2D eigenvalue weighted by molar-refractivity contribution is 7.13. The van der Waals surface area contributed by atoms with Gasteiger partial charge >= 0.3 is 5.97 Å². The van der Waals surface area contributed by atoms with Crippen LogP contribution in [0.2, 0.25) is 0 Å². The maximum atomic E-state index is 12.2. The molecule has 4 rings (SSSR count). The molecule has 28 heavy (non-hydrogen) atoms. The molecule has 10 heteroatoms. The van der Waals surface area contributed by atoms with Crippen LogP contribution in [0.15, 0.2) is 46.2 Å². The third-order valence-corrected chi connectivity index (χ3v) is 4.72. The lowest BCUT2D eigenvalue weighted by atomic mass is 10.1. The van der Waals surface area contributed by atoms with E-state index in [2.05, 4.69) is 25.6 Å². The average molecular weight is 396 g/mol. The number of rotatable bonds is 6. The van der Waals surface area contributed by atoms with Crippen molar-refractivity contribution in [1.82, 2.24) is 30.4 Å². The Hall–Kier alpha value is -3.40. The first-order chi connectivity index (χ1) is 13.6. The van der Waals surface area contributed by atoms with Gasteiger partial charge in [0.1, 0.15) is 0 Å². The summed E-state index contributed by atoms with van der Waals surface area (Å²) >= 11 is 1.49. The van der Waals surface area contributed by atoms with Crippen LogP contribution in [0.1, 0.15) is 24.5 Å². The highest BCUT2D eigenvalue weighted by Gasteiger charge is 2.20. The first-order valence-corrected chi connectivity index (χ1v) is 9.38. The van der Waals surface area contributed by atoms with Crippen LogP contribution in [0, 0.1) is 6.92 Å². The van der Waals surface area contributed by atoms with E-state index < -0.39 is 12.1 Å². The quantitative estimate of drug-likeness (QED) is 0.458. The van der Waals surface area contributed by atoms with Gasteiger partial charge in [0.05, 0.1) is 4.88 Å². The first kappa shape index (κ1) is 18.0. The Morgan fingerprint density at radius 2 is 2.04 bits per heavy atom. The van der Waals surface area contributed by atoms with Crippen molar-refractivity contribution < 1.29 is 13.9 Å². The van der Waals surface area contributed by atoms with Crippen LogP contribution in [0.25, 0.3) is 22.2 Å². The van der Waals surface area contributed by atoms with Crippen molar-refractivity contribution in [3.63, 3.8) is 0 Å². The van der Waals surface area contributed by atoms with Gasteiger partial charge in [-0.3, -0.25) is 0 Å². The summed E-state index contributed by atoms with van der Waals surface area (Å²) in [6.07, 6.45) is -0.686. The monoisotopic (exact) mass is 396 g/mol. The Bertz CT molecular complexity index is 1070. The van der Waals surface area contributed by atoms with E-state index in [1.54, 1.807) is 6.92 Å². The zero-order valence-electron chi connectivity index (χ0n) is 15.1. The Labute approximate surface area is 164 Å². The van der Waals surface area contributed by atoms with Gasteiger partial charge in [-0.1, -0.05) is 35.9 Å². The smallest absolute Gasteiger partial charge is 0.330 e. The predicted molar refractivity (Wildman–Crippen MR) is 100 cm³/mol. The van der Waals surface area contributed by atoms with Crippen LogP contribution in [0.3, 0.4) is 0 Å². The molecule has 0 aliphatic heterocycles. The number of nitrogens with zero attached hydrogens (tertiary/aromatic N) is 6. The number of esters is 1. The van der Waals surface area contributed by atoms with E-state index in [4.69, 9.17) is 9.15 Å². The third kappa shape index (κ3) is 3.96. The van der Waals surface area contributed by atoms with Gasteiger partial charge < -0.3 is 9.15 Å². The third-order valence-electron chi connectivity index (χ3n) is 3.86. The molecule has 1 unspecified atom stereocenters. The number of hydrogen-bond acceptors (Lipinski definition) is 9. The number of tetrazole rings is 1. The van der Waals surface area contributed by atoms with Crippen molar-refractivity contribution in [2.45, 2.75) is 26.5 Å². The standard InChI is InChI=1S/C18H16N6O3S/c1-11-5-7-13(8-6-11)16-19-23-24(22-16)10-15(25)26-12(2)17-20-21-18(27-17)14-4-3-9-28-14/h3-9,12H,10H2,1-2H3. The second-order valence-corrected chi connectivity index (χ2v) is 7.01. The number of carbonyl (C=O) groups is 1. The Balaban J connectivity index is 1.37. The molecule has 0 radical (unpaired) electrons. The van der Waals surface area contributed by atoms with Crippen molar-refractivity contribution >= 4 is 17.3 Å². The summed E-state index contributed by atoms with van der Waals surface area (Å²) in [6, 6.07) is 11.5. The zero-order valence-corrected chi connectivity index (χ0v) is 16.0. The van der Waals surface area contributed by atoms with Crippen molar-refractivity contribution in [3.8, 4) is 22.2 Å². The van der Waals surface area contributed by atoms with E-state index in [1.165, 1.54) is 16.1 Å². The molecular formula is C18H16N6O3S. The second kappa shape index (κ2) is 7.69. The number of ether oxygens (including phenoxy) is 1. The van der Waals surface area contributed by atoms with Crippen LogP contribution >= 0.6 is 11.3 Å². The molecule has 0 fully saturated rings. The van der Waals surface area contributed by atoms with Crippen LogP contribution in [-0.4, -0.2) is 36.4 Å². The fourth-order valence-corrected chi connectivity index (χ4v) is 3.07. The van der Waals surface area contributed by atoms with Crippen molar-refractivity contribution in [2.24, 2.45) is 0 Å². The van der Waals surface area contributed by atoms with Crippen LogP contribution in [0.4, 0.5) is 0 Å². The molecule has 1 atom stereocenters. The molecule has 142 valence electrons. The SMILES string of the molecule is Cc1ccc(-c2nnn(CC(=O)OC(C)c3nnc(-c4cccs4)o3)n2)cc1. The van der Waals surface area contributed by atoms with Crippen LogP contribution in [-0.2, 0) is 16.1 Å².